The molecule has 0 radical (unpaired) electrons. The van der Waals surface area contributed by atoms with Crippen LogP contribution in [0.25, 0.3) is 0 Å². The van der Waals surface area contributed by atoms with E-state index in [9.17, 15) is 27.2 Å². The molecule has 0 spiro atoms. The van der Waals surface area contributed by atoms with E-state index in [4.69, 9.17) is 4.74 Å². The lowest BCUT2D eigenvalue weighted by Crippen LogP contribution is -2.55. The van der Waals surface area contributed by atoms with Crippen molar-refractivity contribution in [1.82, 2.24) is 15.6 Å². The SMILES string of the molecule is CC(C)(Oc1ccc(F)cc1F)C(=O)NC1C[C@H]2CC[C@@H](C1)N2c1ccc(C(=O)NCC(F)F)cn1. The monoisotopic (exact) mass is 508 g/mol. The van der Waals surface area contributed by atoms with Crippen LogP contribution in [0.1, 0.15) is 49.9 Å². The lowest BCUT2D eigenvalue weighted by molar-refractivity contribution is -0.135. The number of pyridine rings is 1. The Hall–Kier alpha value is -3.37. The molecule has 2 fully saturated rings. The Bertz CT molecular complexity index is 1100. The molecule has 2 aliphatic rings. The molecule has 36 heavy (non-hydrogen) atoms. The summed E-state index contributed by atoms with van der Waals surface area (Å²) in [7, 11) is 0. The van der Waals surface area contributed by atoms with E-state index in [2.05, 4.69) is 20.5 Å². The smallest absolute Gasteiger partial charge is 0.263 e. The van der Waals surface area contributed by atoms with Crippen LogP contribution in [0, 0.1) is 11.6 Å². The zero-order valence-electron chi connectivity index (χ0n) is 19.9. The second kappa shape index (κ2) is 10.3. The van der Waals surface area contributed by atoms with E-state index in [1.807, 2.05) is 0 Å². The molecule has 2 amide bonds. The van der Waals surface area contributed by atoms with Crippen LogP contribution in [0.3, 0.4) is 0 Å². The maximum atomic E-state index is 14.0. The van der Waals surface area contributed by atoms with Crippen molar-refractivity contribution in [2.24, 2.45) is 0 Å². The number of amides is 2. The summed E-state index contributed by atoms with van der Waals surface area (Å²) in [6, 6.07) is 6.31. The van der Waals surface area contributed by atoms with Crippen molar-refractivity contribution >= 4 is 17.6 Å². The van der Waals surface area contributed by atoms with Crippen LogP contribution < -0.4 is 20.3 Å². The fourth-order valence-corrected chi connectivity index (χ4v) is 4.85. The van der Waals surface area contributed by atoms with Crippen molar-refractivity contribution in [2.45, 2.75) is 69.7 Å². The quantitative estimate of drug-likeness (QED) is 0.530. The largest absolute Gasteiger partial charge is 0.475 e. The zero-order chi connectivity index (χ0) is 26.0. The molecule has 2 saturated heterocycles. The minimum atomic E-state index is -2.63. The summed E-state index contributed by atoms with van der Waals surface area (Å²) in [5, 5.41) is 5.16. The minimum absolute atomic E-state index is 0.119. The normalized spacial score (nSPS) is 21.4. The van der Waals surface area contributed by atoms with Crippen molar-refractivity contribution in [3.63, 3.8) is 0 Å². The number of piperidine rings is 1. The third kappa shape index (κ3) is 5.71. The van der Waals surface area contributed by atoms with Crippen LogP contribution >= 0.6 is 0 Å². The molecule has 194 valence electrons. The van der Waals surface area contributed by atoms with Gasteiger partial charge < -0.3 is 20.3 Å². The molecule has 0 saturated carbocycles. The molecule has 7 nitrogen and oxygen atoms in total. The first-order chi connectivity index (χ1) is 17.0. The van der Waals surface area contributed by atoms with Crippen molar-refractivity contribution in [3.05, 3.63) is 53.7 Å². The van der Waals surface area contributed by atoms with E-state index in [0.29, 0.717) is 24.7 Å². The molecule has 2 bridgehead atoms. The van der Waals surface area contributed by atoms with E-state index < -0.39 is 42.0 Å². The molecular formula is C25H28F4N4O3. The van der Waals surface area contributed by atoms with Gasteiger partial charge >= 0.3 is 0 Å². The van der Waals surface area contributed by atoms with Crippen LogP contribution in [0.4, 0.5) is 23.4 Å². The first-order valence-electron chi connectivity index (χ1n) is 11.8. The van der Waals surface area contributed by atoms with E-state index in [1.165, 1.54) is 20.0 Å². The van der Waals surface area contributed by atoms with Crippen molar-refractivity contribution in [3.8, 4) is 5.75 Å². The number of hydrogen-bond donors (Lipinski definition) is 2. The summed E-state index contributed by atoms with van der Waals surface area (Å²) < 4.78 is 57.4. The Balaban J connectivity index is 1.36. The van der Waals surface area contributed by atoms with Crippen molar-refractivity contribution in [2.75, 3.05) is 11.4 Å². The number of benzene rings is 1. The summed E-state index contributed by atoms with van der Waals surface area (Å²) in [6.45, 7) is 2.33. The van der Waals surface area contributed by atoms with Gasteiger partial charge in [0.25, 0.3) is 18.2 Å². The lowest BCUT2D eigenvalue weighted by atomic mass is 9.96. The second-order valence-corrected chi connectivity index (χ2v) is 9.63. The Labute approximate surface area is 206 Å². The number of nitrogens with zero attached hydrogens (tertiary/aromatic N) is 2. The summed E-state index contributed by atoms with van der Waals surface area (Å²) in [5.74, 6) is -2.14. The number of carbonyl (C=O) groups is 2. The molecule has 3 heterocycles. The predicted octanol–water partition coefficient (Wildman–Crippen LogP) is 3.83. The Morgan fingerprint density at radius 1 is 1.14 bits per heavy atom. The number of nitrogens with one attached hydrogen (secondary N) is 2. The average molecular weight is 509 g/mol. The molecule has 0 aliphatic carbocycles. The van der Waals surface area contributed by atoms with Crippen LogP contribution in [0.2, 0.25) is 0 Å². The Morgan fingerprint density at radius 3 is 2.42 bits per heavy atom. The van der Waals surface area contributed by atoms with E-state index in [1.54, 1.807) is 12.1 Å². The van der Waals surface area contributed by atoms with E-state index in [-0.39, 0.29) is 29.4 Å². The van der Waals surface area contributed by atoms with Gasteiger partial charge in [-0.3, -0.25) is 9.59 Å². The van der Waals surface area contributed by atoms with E-state index in [0.717, 1.165) is 25.0 Å². The number of aromatic nitrogens is 1. The average Bonchev–Trinajstić information content (AvgIpc) is 3.09. The van der Waals surface area contributed by atoms with Gasteiger partial charge in [0, 0.05) is 30.4 Å². The number of ether oxygens (including phenoxy) is 1. The molecule has 1 unspecified atom stereocenters. The van der Waals surface area contributed by atoms with Crippen LogP contribution in [0.15, 0.2) is 36.5 Å². The van der Waals surface area contributed by atoms with Gasteiger partial charge in [0.05, 0.1) is 12.1 Å². The molecule has 1 aromatic carbocycles. The van der Waals surface area contributed by atoms with Gasteiger partial charge in [0.2, 0.25) is 0 Å². The first-order valence-corrected chi connectivity index (χ1v) is 11.8. The Kier molecular flexibility index (Phi) is 7.37. The number of hydrogen-bond acceptors (Lipinski definition) is 5. The maximum absolute atomic E-state index is 14.0. The highest BCUT2D eigenvalue weighted by atomic mass is 19.3. The van der Waals surface area contributed by atoms with Gasteiger partial charge in [-0.25, -0.2) is 22.5 Å². The number of halogens is 4. The molecular weight excluding hydrogens is 480 g/mol. The standard InChI is InChI=1S/C25H28F4N4O3/c1-25(2,36-20-7-4-15(26)9-19(20)27)24(35)32-16-10-17-5-6-18(11-16)33(17)22-8-3-14(12-30-22)23(34)31-13-21(28)29/h3-4,7-9,12,16-18,21H,5-6,10-11,13H2,1-2H3,(H,31,34)(H,32,35)/t16?,17-,18+. The fourth-order valence-electron chi connectivity index (χ4n) is 4.85. The molecule has 2 N–H and O–H groups in total. The summed E-state index contributed by atoms with van der Waals surface area (Å²) in [6.07, 6.45) is 1.91. The highest BCUT2D eigenvalue weighted by molar-refractivity contribution is 5.94. The highest BCUT2D eigenvalue weighted by Crippen LogP contribution is 2.38. The summed E-state index contributed by atoms with van der Waals surface area (Å²) in [5.41, 5.74) is -1.18. The molecule has 2 aromatic rings. The van der Waals surface area contributed by atoms with Gasteiger partial charge in [-0.05, 0) is 63.8 Å². The van der Waals surface area contributed by atoms with Gasteiger partial charge in [-0.15, -0.1) is 0 Å². The summed E-state index contributed by atoms with van der Waals surface area (Å²) >= 11 is 0. The highest BCUT2D eigenvalue weighted by Gasteiger charge is 2.43. The van der Waals surface area contributed by atoms with Crippen LogP contribution in [0.5, 0.6) is 5.75 Å². The lowest BCUT2D eigenvalue weighted by Gasteiger charge is -2.40. The third-order valence-corrected chi connectivity index (χ3v) is 6.57. The van der Waals surface area contributed by atoms with Crippen LogP contribution in [-0.4, -0.2) is 53.5 Å². The number of carbonyl (C=O) groups excluding carboxylic acids is 2. The topological polar surface area (TPSA) is 83.6 Å². The second-order valence-electron chi connectivity index (χ2n) is 9.63. The number of anilines is 1. The molecule has 2 aliphatic heterocycles. The van der Waals surface area contributed by atoms with Gasteiger partial charge in [0.1, 0.15) is 11.6 Å². The van der Waals surface area contributed by atoms with Crippen LogP contribution in [-0.2, 0) is 4.79 Å². The molecule has 3 atom stereocenters. The van der Waals surface area contributed by atoms with Gasteiger partial charge in [0.15, 0.2) is 17.2 Å². The van der Waals surface area contributed by atoms with Crippen molar-refractivity contribution < 1.29 is 31.9 Å². The zero-order valence-corrected chi connectivity index (χ0v) is 19.9. The first kappa shape index (κ1) is 25.7. The minimum Gasteiger partial charge on any atom is -0.475 e. The Morgan fingerprint density at radius 2 is 1.83 bits per heavy atom. The molecule has 1 aromatic heterocycles. The third-order valence-electron chi connectivity index (χ3n) is 6.57. The van der Waals surface area contributed by atoms with Gasteiger partial charge in [-0.2, -0.15) is 0 Å². The predicted molar refractivity (Wildman–Crippen MR) is 124 cm³/mol. The number of alkyl halides is 2. The maximum Gasteiger partial charge on any atom is 0.263 e. The molecule has 11 heteroatoms. The van der Waals surface area contributed by atoms with Crippen molar-refractivity contribution in [1.29, 1.82) is 0 Å². The summed E-state index contributed by atoms with van der Waals surface area (Å²) in [4.78, 5) is 31.5. The fraction of sp³-hybridized carbons (Fsp3) is 0.480. The molecule has 4 rings (SSSR count). The number of rotatable bonds is 8. The van der Waals surface area contributed by atoms with E-state index >= 15 is 0 Å². The number of fused-ring (bicyclic) bond motifs is 2. The van der Waals surface area contributed by atoms with Gasteiger partial charge in [-0.1, -0.05) is 0 Å².